The first-order chi connectivity index (χ1) is 1.73. The number of nitrogens with one attached hydrogen (secondary N) is 1. The van der Waals surface area contributed by atoms with Crippen molar-refractivity contribution < 1.29 is 26.2 Å². The molecule has 2 N–H and O–H groups in total. The molecule has 0 aliphatic carbocycles. The summed E-state index contributed by atoms with van der Waals surface area (Å²) in [5, 5.41) is 7.72. The molecule has 1 unspecified atom stereocenters. The summed E-state index contributed by atoms with van der Waals surface area (Å²) in [6, 6.07) is 0. The standard InChI is InChI=1S/C2H6NO.Pt/c1-2(3)4;/h2-4H,1H3;/q-1;. The van der Waals surface area contributed by atoms with Crippen molar-refractivity contribution in [3.8, 4) is 0 Å². The van der Waals surface area contributed by atoms with E-state index < -0.39 is 6.23 Å². The molecule has 0 aliphatic rings. The van der Waals surface area contributed by atoms with Gasteiger partial charge in [-0.15, -0.1) is 0 Å². The van der Waals surface area contributed by atoms with Crippen LogP contribution < -0.4 is 0 Å². The fraction of sp³-hybridized carbons (Fsp3) is 1.00. The van der Waals surface area contributed by atoms with E-state index >= 15 is 0 Å². The Morgan fingerprint density at radius 2 is 1.80 bits per heavy atom. The minimum absolute atomic E-state index is 0. The number of aliphatic hydroxyl groups excluding tert-OH is 1. The zero-order chi connectivity index (χ0) is 3.58. The quantitative estimate of drug-likeness (QED) is 0.668. The summed E-state index contributed by atoms with van der Waals surface area (Å²) >= 11 is 0. The molecule has 5 heavy (non-hydrogen) atoms. The van der Waals surface area contributed by atoms with E-state index in [1.807, 2.05) is 0 Å². The van der Waals surface area contributed by atoms with E-state index in [0.29, 0.717) is 0 Å². The van der Waals surface area contributed by atoms with Crippen LogP contribution in [0.15, 0.2) is 0 Å². The van der Waals surface area contributed by atoms with Crippen molar-refractivity contribution in [2.45, 2.75) is 13.2 Å². The van der Waals surface area contributed by atoms with Gasteiger partial charge in [-0.3, -0.25) is 0 Å². The van der Waals surface area contributed by atoms with Gasteiger partial charge in [0.05, 0.1) is 0 Å². The molecule has 2 nitrogen and oxygen atoms in total. The molecule has 0 rings (SSSR count). The van der Waals surface area contributed by atoms with E-state index in [9.17, 15) is 0 Å². The van der Waals surface area contributed by atoms with Gasteiger partial charge in [-0.25, -0.2) is 0 Å². The maximum absolute atomic E-state index is 7.72. The Labute approximate surface area is 45.6 Å². The summed E-state index contributed by atoms with van der Waals surface area (Å²) in [4.78, 5) is 0. The van der Waals surface area contributed by atoms with E-state index in [2.05, 4.69) is 0 Å². The van der Waals surface area contributed by atoms with Gasteiger partial charge in [-0.1, -0.05) is 6.92 Å². The largest absolute Gasteiger partial charge is 0.652 e. The predicted molar refractivity (Wildman–Crippen MR) is 16.0 cm³/mol. The summed E-state index contributed by atoms with van der Waals surface area (Å²) in [5.41, 5.74) is 6.14. The van der Waals surface area contributed by atoms with Crippen molar-refractivity contribution in [2.24, 2.45) is 0 Å². The fourth-order valence-electron chi connectivity index (χ4n) is 0. The molecule has 0 fully saturated rings. The van der Waals surface area contributed by atoms with E-state index in [1.54, 1.807) is 0 Å². The first kappa shape index (κ1) is 9.15. The van der Waals surface area contributed by atoms with Gasteiger partial charge in [0.15, 0.2) is 0 Å². The van der Waals surface area contributed by atoms with E-state index in [1.165, 1.54) is 6.92 Å². The molecule has 3 heteroatoms. The summed E-state index contributed by atoms with van der Waals surface area (Å²) in [7, 11) is 0. The summed E-state index contributed by atoms with van der Waals surface area (Å²) in [5.74, 6) is 0. The van der Waals surface area contributed by atoms with Crippen LogP contribution in [0.3, 0.4) is 0 Å². The first-order valence-electron chi connectivity index (χ1n) is 1.12. The van der Waals surface area contributed by atoms with Crippen molar-refractivity contribution in [1.82, 2.24) is 0 Å². The molecule has 0 aromatic rings. The third-order valence-electron chi connectivity index (χ3n) is 0. The topological polar surface area (TPSA) is 44.0 Å². The molecular formula is C2H6NOPt-. The zero-order valence-corrected chi connectivity index (χ0v) is 5.11. The third kappa shape index (κ3) is 84.7. The minimum Gasteiger partial charge on any atom is -0.652 e. The van der Waals surface area contributed by atoms with Gasteiger partial charge in [0.1, 0.15) is 0 Å². The molecule has 0 saturated heterocycles. The van der Waals surface area contributed by atoms with E-state index in [-0.39, 0.29) is 21.1 Å². The second-order valence-corrected chi connectivity index (χ2v) is 0.676. The predicted octanol–water partition coefficient (Wildman–Crippen LogP) is 0.374. The minimum atomic E-state index is -0.917. The molecule has 0 aliphatic heterocycles. The molecule has 0 amide bonds. The molecule has 0 heterocycles. The van der Waals surface area contributed by atoms with Crippen LogP contribution in [0.5, 0.6) is 0 Å². The van der Waals surface area contributed by atoms with Crippen molar-refractivity contribution in [1.29, 1.82) is 0 Å². The van der Waals surface area contributed by atoms with Crippen LogP contribution in [0.1, 0.15) is 6.92 Å². The Hall–Kier alpha value is 0.608. The Kier molecular flexibility index (Phi) is 8.43. The Bertz CT molecular complexity index is 14.4. The maximum atomic E-state index is 7.72. The second kappa shape index (κ2) is 4.61. The van der Waals surface area contributed by atoms with Crippen LogP contribution in [0.2, 0.25) is 0 Å². The van der Waals surface area contributed by atoms with Crippen LogP contribution in [-0.2, 0) is 21.1 Å². The van der Waals surface area contributed by atoms with Crippen molar-refractivity contribution in [2.75, 3.05) is 0 Å². The molecule has 0 aromatic heterocycles. The van der Waals surface area contributed by atoms with E-state index in [0.717, 1.165) is 0 Å². The smallest absolute Gasteiger partial charge is 0 e. The average molecular weight is 255 g/mol. The van der Waals surface area contributed by atoms with E-state index in [4.69, 9.17) is 10.8 Å². The average Bonchev–Trinajstić information content (AvgIpc) is 0.811. The number of hydrogen-bond acceptors (Lipinski definition) is 1. The Balaban J connectivity index is 0. The first-order valence-corrected chi connectivity index (χ1v) is 1.12. The molecule has 0 saturated carbocycles. The molecule has 36 valence electrons. The summed E-state index contributed by atoms with van der Waals surface area (Å²) < 4.78 is 0. The van der Waals surface area contributed by atoms with Crippen molar-refractivity contribution in [3.63, 3.8) is 0 Å². The Morgan fingerprint density at radius 1 is 1.80 bits per heavy atom. The van der Waals surface area contributed by atoms with Gasteiger partial charge < -0.3 is 10.8 Å². The van der Waals surface area contributed by atoms with Crippen LogP contribution in [-0.4, -0.2) is 11.3 Å². The molecular weight excluding hydrogens is 249 g/mol. The van der Waals surface area contributed by atoms with Crippen molar-refractivity contribution in [3.05, 3.63) is 5.73 Å². The molecule has 0 aromatic carbocycles. The second-order valence-electron chi connectivity index (χ2n) is 0.676. The number of rotatable bonds is 0. The third-order valence-corrected chi connectivity index (χ3v) is 0. The van der Waals surface area contributed by atoms with Gasteiger partial charge >= 0.3 is 0 Å². The molecule has 1 atom stereocenters. The molecule has 0 bridgehead atoms. The maximum Gasteiger partial charge on any atom is 0 e. The van der Waals surface area contributed by atoms with Gasteiger partial charge in [-0.2, -0.15) is 0 Å². The van der Waals surface area contributed by atoms with Crippen molar-refractivity contribution >= 4 is 0 Å². The van der Waals surface area contributed by atoms with Gasteiger partial charge in [0, 0.05) is 21.1 Å². The normalized spacial score (nSPS) is 12.6. The Morgan fingerprint density at radius 3 is 1.80 bits per heavy atom. The number of aliphatic hydroxyl groups is 1. The summed E-state index contributed by atoms with van der Waals surface area (Å²) in [6.07, 6.45) is -0.917. The SMILES string of the molecule is CC([NH-])O.[Pt]. The monoisotopic (exact) mass is 255 g/mol. The fourth-order valence-corrected chi connectivity index (χ4v) is 0. The van der Waals surface area contributed by atoms with Gasteiger partial charge in [0.25, 0.3) is 0 Å². The van der Waals surface area contributed by atoms with Crippen LogP contribution in [0, 0.1) is 0 Å². The molecule has 0 radical (unpaired) electrons. The van der Waals surface area contributed by atoms with Gasteiger partial charge in [-0.05, 0) is 6.23 Å². The van der Waals surface area contributed by atoms with Gasteiger partial charge in [0.2, 0.25) is 0 Å². The zero-order valence-electron chi connectivity index (χ0n) is 2.84. The molecule has 0 spiro atoms. The van der Waals surface area contributed by atoms with Crippen LogP contribution in [0.25, 0.3) is 5.73 Å². The van der Waals surface area contributed by atoms with Crippen LogP contribution >= 0.6 is 0 Å². The van der Waals surface area contributed by atoms with Crippen LogP contribution in [0.4, 0.5) is 0 Å². The number of hydrogen-bond donors (Lipinski definition) is 1. The summed E-state index contributed by atoms with van der Waals surface area (Å²) in [6.45, 7) is 1.39.